The molecule has 3 aliphatic rings. The zero-order valence-corrected chi connectivity index (χ0v) is 12.8. The first-order chi connectivity index (χ1) is 11.0. The van der Waals surface area contributed by atoms with Gasteiger partial charge in [-0.2, -0.15) is 0 Å². The van der Waals surface area contributed by atoms with Gasteiger partial charge < -0.3 is 9.57 Å². The number of hydrogen-bond acceptors (Lipinski definition) is 5. The van der Waals surface area contributed by atoms with Crippen LogP contribution in [0.1, 0.15) is 46.9 Å². The molecule has 1 spiro atoms. The Labute approximate surface area is 133 Å². The van der Waals surface area contributed by atoms with E-state index in [1.807, 2.05) is 6.92 Å². The van der Waals surface area contributed by atoms with Gasteiger partial charge in [-0.05, 0) is 43.7 Å². The Bertz CT molecular complexity index is 680. The first kappa shape index (κ1) is 14.4. The lowest BCUT2D eigenvalue weighted by Gasteiger charge is -2.28. The number of amides is 2. The molecule has 1 aromatic carbocycles. The first-order valence-electron chi connectivity index (χ1n) is 7.83. The molecule has 3 atom stereocenters. The molecule has 2 amide bonds. The van der Waals surface area contributed by atoms with Crippen molar-refractivity contribution in [1.82, 2.24) is 5.06 Å². The number of benzene rings is 1. The minimum Gasteiger partial charge on any atom is -0.378 e. The zero-order valence-electron chi connectivity index (χ0n) is 12.8. The Balaban J connectivity index is 1.47. The fraction of sp³-hybridized carbons (Fsp3) is 0.471. The number of hydroxylamine groups is 2. The van der Waals surface area contributed by atoms with E-state index in [2.05, 4.69) is 0 Å². The van der Waals surface area contributed by atoms with Crippen LogP contribution in [0, 0.1) is 11.3 Å². The standard InChI is InChI=1S/C17H17NO5/c1-10-8-17(6-7-22-10)9-13(17)16(21)23-18-14(19)11-4-2-3-5-12(11)15(18)20/h2-5,10,13H,6-9H2,1H3. The van der Waals surface area contributed by atoms with Crippen LogP contribution in [-0.4, -0.2) is 35.6 Å². The van der Waals surface area contributed by atoms with Crippen LogP contribution in [0.4, 0.5) is 0 Å². The van der Waals surface area contributed by atoms with E-state index in [0.717, 1.165) is 19.3 Å². The van der Waals surface area contributed by atoms with Crippen molar-refractivity contribution in [2.45, 2.75) is 32.3 Å². The molecule has 1 aliphatic carbocycles. The van der Waals surface area contributed by atoms with Crippen molar-refractivity contribution < 1.29 is 24.0 Å². The Hall–Kier alpha value is -2.21. The fourth-order valence-corrected chi connectivity index (χ4v) is 3.78. The Morgan fingerprint density at radius 3 is 2.48 bits per heavy atom. The van der Waals surface area contributed by atoms with Crippen molar-refractivity contribution in [2.24, 2.45) is 11.3 Å². The molecule has 6 heteroatoms. The molecule has 120 valence electrons. The molecule has 1 aromatic rings. The first-order valence-corrected chi connectivity index (χ1v) is 7.83. The molecule has 0 aromatic heterocycles. The molecule has 0 bridgehead atoms. The minimum absolute atomic E-state index is 0.0760. The van der Waals surface area contributed by atoms with E-state index in [9.17, 15) is 14.4 Å². The molecule has 0 N–H and O–H groups in total. The summed E-state index contributed by atoms with van der Waals surface area (Å²) in [4.78, 5) is 42.0. The molecule has 2 heterocycles. The van der Waals surface area contributed by atoms with Gasteiger partial charge in [-0.3, -0.25) is 9.59 Å². The molecular formula is C17H17NO5. The number of fused-ring (bicyclic) bond motifs is 1. The minimum atomic E-state index is -0.575. The maximum Gasteiger partial charge on any atom is 0.336 e. The normalized spacial score (nSPS) is 32.1. The maximum absolute atomic E-state index is 12.4. The quantitative estimate of drug-likeness (QED) is 0.780. The molecule has 1 saturated carbocycles. The Morgan fingerprint density at radius 1 is 1.22 bits per heavy atom. The molecule has 6 nitrogen and oxygen atoms in total. The van der Waals surface area contributed by atoms with Crippen LogP contribution in [0.15, 0.2) is 24.3 Å². The van der Waals surface area contributed by atoms with Crippen LogP contribution in [-0.2, 0) is 14.4 Å². The van der Waals surface area contributed by atoms with E-state index in [1.165, 1.54) is 0 Å². The summed E-state index contributed by atoms with van der Waals surface area (Å²) in [5.41, 5.74) is 0.471. The monoisotopic (exact) mass is 315 g/mol. The summed E-state index contributed by atoms with van der Waals surface area (Å²) in [6.45, 7) is 2.63. The van der Waals surface area contributed by atoms with Gasteiger partial charge in [-0.1, -0.05) is 17.2 Å². The smallest absolute Gasteiger partial charge is 0.336 e. The average Bonchev–Trinajstić information content (AvgIpc) is 3.17. The molecule has 2 fully saturated rings. The van der Waals surface area contributed by atoms with E-state index in [4.69, 9.17) is 9.57 Å². The molecule has 1 saturated heterocycles. The van der Waals surface area contributed by atoms with E-state index in [0.29, 0.717) is 11.7 Å². The molecule has 4 rings (SSSR count). The number of imide groups is 1. The van der Waals surface area contributed by atoms with Crippen LogP contribution in [0.2, 0.25) is 0 Å². The second-order valence-corrected chi connectivity index (χ2v) is 6.62. The molecular weight excluding hydrogens is 298 g/mol. The predicted octanol–water partition coefficient (Wildman–Crippen LogP) is 1.95. The van der Waals surface area contributed by atoms with Crippen molar-refractivity contribution in [1.29, 1.82) is 0 Å². The van der Waals surface area contributed by atoms with Gasteiger partial charge in [-0.25, -0.2) is 4.79 Å². The SMILES string of the molecule is CC1CC2(CCO1)CC2C(=O)ON1C(=O)c2ccccc2C1=O. The summed E-state index contributed by atoms with van der Waals surface area (Å²) in [6.07, 6.45) is 2.50. The predicted molar refractivity (Wildman–Crippen MR) is 78.2 cm³/mol. The summed E-state index contributed by atoms with van der Waals surface area (Å²) >= 11 is 0. The van der Waals surface area contributed by atoms with Gasteiger partial charge in [0.05, 0.1) is 23.1 Å². The molecule has 3 unspecified atom stereocenters. The van der Waals surface area contributed by atoms with Gasteiger partial charge in [0, 0.05) is 6.61 Å². The van der Waals surface area contributed by atoms with Gasteiger partial charge in [0.2, 0.25) is 0 Å². The highest BCUT2D eigenvalue weighted by Crippen LogP contribution is 2.60. The zero-order chi connectivity index (χ0) is 16.2. The molecule has 0 radical (unpaired) electrons. The number of carbonyl (C=O) groups excluding carboxylic acids is 3. The van der Waals surface area contributed by atoms with Crippen molar-refractivity contribution in [3.8, 4) is 0 Å². The van der Waals surface area contributed by atoms with Crippen molar-refractivity contribution in [3.05, 3.63) is 35.4 Å². The largest absolute Gasteiger partial charge is 0.378 e. The van der Waals surface area contributed by atoms with Crippen LogP contribution >= 0.6 is 0 Å². The van der Waals surface area contributed by atoms with E-state index in [-0.39, 0.29) is 28.6 Å². The Kier molecular flexibility index (Phi) is 3.06. The van der Waals surface area contributed by atoms with Crippen LogP contribution in [0.3, 0.4) is 0 Å². The summed E-state index contributed by atoms with van der Waals surface area (Å²) in [5.74, 6) is -1.89. The molecule has 2 aliphatic heterocycles. The average molecular weight is 315 g/mol. The van der Waals surface area contributed by atoms with Crippen LogP contribution in [0.25, 0.3) is 0 Å². The lowest BCUT2D eigenvalue weighted by Crippen LogP contribution is -2.35. The van der Waals surface area contributed by atoms with Crippen molar-refractivity contribution in [3.63, 3.8) is 0 Å². The summed E-state index contributed by atoms with van der Waals surface area (Å²) in [5, 5.41) is 0.599. The van der Waals surface area contributed by atoms with Crippen molar-refractivity contribution >= 4 is 17.8 Å². The van der Waals surface area contributed by atoms with E-state index >= 15 is 0 Å². The van der Waals surface area contributed by atoms with Gasteiger partial charge in [0.1, 0.15) is 0 Å². The number of hydrogen-bond donors (Lipinski definition) is 0. The number of nitrogens with zero attached hydrogens (tertiary/aromatic N) is 1. The lowest BCUT2D eigenvalue weighted by molar-refractivity contribution is -0.172. The van der Waals surface area contributed by atoms with Gasteiger partial charge in [0.15, 0.2) is 0 Å². The maximum atomic E-state index is 12.4. The van der Waals surface area contributed by atoms with Gasteiger partial charge in [0.25, 0.3) is 11.8 Å². The lowest BCUT2D eigenvalue weighted by atomic mass is 9.90. The third-order valence-electron chi connectivity index (χ3n) is 5.11. The van der Waals surface area contributed by atoms with Crippen LogP contribution in [0.5, 0.6) is 0 Å². The van der Waals surface area contributed by atoms with Crippen LogP contribution < -0.4 is 0 Å². The highest BCUT2D eigenvalue weighted by Gasteiger charge is 2.61. The third-order valence-corrected chi connectivity index (χ3v) is 5.11. The second-order valence-electron chi connectivity index (χ2n) is 6.62. The number of carbonyl (C=O) groups is 3. The van der Waals surface area contributed by atoms with Crippen molar-refractivity contribution in [2.75, 3.05) is 6.61 Å². The van der Waals surface area contributed by atoms with E-state index in [1.54, 1.807) is 24.3 Å². The topological polar surface area (TPSA) is 72.9 Å². The number of rotatable bonds is 2. The third kappa shape index (κ3) is 2.16. The highest BCUT2D eigenvalue weighted by molar-refractivity contribution is 6.20. The fourth-order valence-electron chi connectivity index (χ4n) is 3.78. The van der Waals surface area contributed by atoms with E-state index < -0.39 is 17.8 Å². The Morgan fingerprint density at radius 2 is 1.87 bits per heavy atom. The van der Waals surface area contributed by atoms with Gasteiger partial charge in [-0.15, -0.1) is 0 Å². The van der Waals surface area contributed by atoms with Gasteiger partial charge >= 0.3 is 5.97 Å². The second kappa shape index (κ2) is 4.89. The number of ether oxygens (including phenoxy) is 1. The summed E-state index contributed by atoms with van der Waals surface area (Å²) in [6, 6.07) is 6.47. The summed E-state index contributed by atoms with van der Waals surface area (Å²) in [7, 11) is 0. The highest BCUT2D eigenvalue weighted by atomic mass is 16.7. The molecule has 23 heavy (non-hydrogen) atoms. The summed E-state index contributed by atoms with van der Waals surface area (Å²) < 4.78 is 5.52.